The maximum absolute atomic E-state index is 12.1. The van der Waals surface area contributed by atoms with Crippen LogP contribution in [-0.4, -0.2) is 24.3 Å². The minimum atomic E-state index is -0.345. The number of anilines is 2. The van der Waals surface area contributed by atoms with Crippen molar-refractivity contribution in [2.75, 3.05) is 17.2 Å². The fourth-order valence-electron chi connectivity index (χ4n) is 2.13. The van der Waals surface area contributed by atoms with Gasteiger partial charge < -0.3 is 16.0 Å². The minimum Gasteiger partial charge on any atom is -0.343 e. The van der Waals surface area contributed by atoms with Crippen molar-refractivity contribution in [2.45, 2.75) is 13.8 Å². The first-order chi connectivity index (χ1) is 11.9. The number of carbonyl (C=O) groups excluding carboxylic acids is 3. The van der Waals surface area contributed by atoms with Crippen LogP contribution in [0.2, 0.25) is 0 Å². The average molecular weight is 451 g/mol. The van der Waals surface area contributed by atoms with Gasteiger partial charge in [0.15, 0.2) is 0 Å². The molecule has 0 saturated carbocycles. The molecule has 2 rings (SSSR count). The van der Waals surface area contributed by atoms with Crippen molar-refractivity contribution >= 4 is 51.7 Å². The van der Waals surface area contributed by atoms with Gasteiger partial charge in [0.25, 0.3) is 5.91 Å². The molecule has 0 fully saturated rings. The van der Waals surface area contributed by atoms with Crippen LogP contribution in [0.3, 0.4) is 0 Å². The number of nitrogens with one attached hydrogen (secondary N) is 3. The topological polar surface area (TPSA) is 87.3 Å². The molecule has 0 aliphatic rings. The van der Waals surface area contributed by atoms with Gasteiger partial charge in [-0.1, -0.05) is 18.2 Å². The zero-order valence-corrected chi connectivity index (χ0v) is 16.0. The Balaban J connectivity index is 1.97. The second kappa shape index (κ2) is 8.61. The summed E-state index contributed by atoms with van der Waals surface area (Å²) in [5.41, 5.74) is 2.56. The van der Waals surface area contributed by atoms with Crippen LogP contribution in [0.5, 0.6) is 0 Å². The quantitative estimate of drug-likeness (QED) is 0.612. The number of amides is 3. The van der Waals surface area contributed by atoms with Crippen LogP contribution in [0.1, 0.15) is 22.8 Å². The smallest absolute Gasteiger partial charge is 0.252 e. The number of rotatable bonds is 5. The van der Waals surface area contributed by atoms with E-state index in [0.29, 0.717) is 16.9 Å². The van der Waals surface area contributed by atoms with E-state index in [0.717, 1.165) is 9.13 Å². The molecule has 2 aromatic carbocycles. The van der Waals surface area contributed by atoms with Crippen molar-refractivity contribution in [1.29, 1.82) is 0 Å². The Morgan fingerprint density at radius 3 is 2.44 bits per heavy atom. The van der Waals surface area contributed by atoms with E-state index in [1.54, 1.807) is 30.3 Å². The van der Waals surface area contributed by atoms with Crippen LogP contribution in [0.25, 0.3) is 0 Å². The molecule has 6 nitrogen and oxygen atoms in total. The molecule has 0 aromatic heterocycles. The van der Waals surface area contributed by atoms with Gasteiger partial charge in [0, 0.05) is 21.9 Å². The van der Waals surface area contributed by atoms with Crippen LogP contribution in [0, 0.1) is 10.5 Å². The van der Waals surface area contributed by atoms with E-state index in [2.05, 4.69) is 38.5 Å². The van der Waals surface area contributed by atoms with Gasteiger partial charge in [0.1, 0.15) is 0 Å². The Morgan fingerprint density at radius 2 is 1.76 bits per heavy atom. The number of hydrogen-bond acceptors (Lipinski definition) is 3. The molecule has 0 aliphatic heterocycles. The highest BCUT2D eigenvalue weighted by Gasteiger charge is 2.11. The van der Waals surface area contributed by atoms with Gasteiger partial charge in [-0.3, -0.25) is 14.4 Å². The molecule has 7 heteroatoms. The number of aryl methyl sites for hydroxylation is 1. The first-order valence-electron chi connectivity index (χ1n) is 7.57. The first kappa shape index (κ1) is 18.9. The van der Waals surface area contributed by atoms with Gasteiger partial charge in [-0.2, -0.15) is 0 Å². The van der Waals surface area contributed by atoms with Gasteiger partial charge in [0.05, 0.1) is 12.1 Å². The molecule has 0 atom stereocenters. The predicted molar refractivity (Wildman–Crippen MR) is 106 cm³/mol. The van der Waals surface area contributed by atoms with Gasteiger partial charge in [0.2, 0.25) is 11.8 Å². The SMILES string of the molecule is CC(=O)Nc1ccc(C)c(NC(=O)CNC(=O)c2ccccc2I)c1. The summed E-state index contributed by atoms with van der Waals surface area (Å²) < 4.78 is 0.817. The zero-order valence-electron chi connectivity index (χ0n) is 13.9. The summed E-state index contributed by atoms with van der Waals surface area (Å²) in [6.45, 7) is 3.12. The second-order valence-corrected chi connectivity index (χ2v) is 6.58. The molecule has 0 spiro atoms. The highest BCUT2D eigenvalue weighted by Crippen LogP contribution is 2.20. The molecule has 3 N–H and O–H groups in total. The van der Waals surface area contributed by atoms with Crippen molar-refractivity contribution in [3.63, 3.8) is 0 Å². The average Bonchev–Trinajstić information content (AvgIpc) is 2.55. The van der Waals surface area contributed by atoms with E-state index in [1.165, 1.54) is 6.92 Å². The predicted octanol–water partition coefficient (Wildman–Crippen LogP) is 2.93. The maximum Gasteiger partial charge on any atom is 0.252 e. The number of halogens is 1. The van der Waals surface area contributed by atoms with Crippen LogP contribution >= 0.6 is 22.6 Å². The minimum absolute atomic E-state index is 0.145. The molecule has 2 aromatic rings. The molecule has 0 unspecified atom stereocenters. The van der Waals surface area contributed by atoms with Gasteiger partial charge in [-0.15, -0.1) is 0 Å². The van der Waals surface area contributed by atoms with Crippen LogP contribution in [0.15, 0.2) is 42.5 Å². The molecule has 0 bridgehead atoms. The highest BCUT2D eigenvalue weighted by atomic mass is 127. The maximum atomic E-state index is 12.1. The molecule has 0 saturated heterocycles. The third-order valence-electron chi connectivity index (χ3n) is 3.36. The molecule has 0 aliphatic carbocycles. The standard InChI is InChI=1S/C18H18IN3O3/c1-11-7-8-13(21-12(2)23)9-16(11)22-17(24)10-20-18(25)14-5-3-4-6-15(14)19/h3-9H,10H2,1-2H3,(H,20,25)(H,21,23)(H,22,24). The molecule has 0 radical (unpaired) electrons. The van der Waals surface area contributed by atoms with Crippen molar-refractivity contribution in [3.8, 4) is 0 Å². The first-order valence-corrected chi connectivity index (χ1v) is 8.65. The summed E-state index contributed by atoms with van der Waals surface area (Å²) in [7, 11) is 0. The molecule has 25 heavy (non-hydrogen) atoms. The lowest BCUT2D eigenvalue weighted by Gasteiger charge is -2.12. The van der Waals surface area contributed by atoms with Crippen LogP contribution in [-0.2, 0) is 9.59 Å². The molecule has 130 valence electrons. The van der Waals surface area contributed by atoms with E-state index in [4.69, 9.17) is 0 Å². The fraction of sp³-hybridized carbons (Fsp3) is 0.167. The largest absolute Gasteiger partial charge is 0.343 e. The summed E-state index contributed by atoms with van der Waals surface area (Å²) in [4.78, 5) is 35.3. The van der Waals surface area contributed by atoms with E-state index in [1.807, 2.05) is 19.1 Å². The van der Waals surface area contributed by atoms with E-state index >= 15 is 0 Å². The second-order valence-electron chi connectivity index (χ2n) is 5.42. The third kappa shape index (κ3) is 5.56. The van der Waals surface area contributed by atoms with Gasteiger partial charge in [-0.05, 0) is 59.3 Å². The Morgan fingerprint density at radius 1 is 1.04 bits per heavy atom. The van der Waals surface area contributed by atoms with Crippen molar-refractivity contribution < 1.29 is 14.4 Å². The lowest BCUT2D eigenvalue weighted by atomic mass is 10.1. The molecular formula is C18H18IN3O3. The third-order valence-corrected chi connectivity index (χ3v) is 4.30. The Labute approximate surface area is 159 Å². The van der Waals surface area contributed by atoms with Crippen molar-refractivity contribution in [1.82, 2.24) is 5.32 Å². The van der Waals surface area contributed by atoms with Crippen LogP contribution in [0.4, 0.5) is 11.4 Å². The molecule has 3 amide bonds. The summed E-state index contributed by atoms with van der Waals surface area (Å²) in [6, 6.07) is 12.4. The molecular weight excluding hydrogens is 433 g/mol. The lowest BCUT2D eigenvalue weighted by Crippen LogP contribution is -2.33. The Kier molecular flexibility index (Phi) is 6.51. The summed E-state index contributed by atoms with van der Waals surface area (Å²) in [5.74, 6) is -0.836. The summed E-state index contributed by atoms with van der Waals surface area (Å²) in [6.07, 6.45) is 0. The van der Waals surface area contributed by atoms with E-state index in [9.17, 15) is 14.4 Å². The highest BCUT2D eigenvalue weighted by molar-refractivity contribution is 14.1. The fourth-order valence-corrected chi connectivity index (χ4v) is 2.77. The zero-order chi connectivity index (χ0) is 18.4. The Hall–Kier alpha value is -2.42. The monoisotopic (exact) mass is 451 g/mol. The number of benzene rings is 2. The van der Waals surface area contributed by atoms with Crippen molar-refractivity contribution in [2.24, 2.45) is 0 Å². The number of hydrogen-bond donors (Lipinski definition) is 3. The lowest BCUT2D eigenvalue weighted by molar-refractivity contribution is -0.115. The summed E-state index contributed by atoms with van der Waals surface area (Å²) >= 11 is 2.07. The van der Waals surface area contributed by atoms with Gasteiger partial charge in [-0.25, -0.2) is 0 Å². The van der Waals surface area contributed by atoms with E-state index < -0.39 is 0 Å². The number of carbonyl (C=O) groups is 3. The van der Waals surface area contributed by atoms with Crippen molar-refractivity contribution in [3.05, 3.63) is 57.2 Å². The summed E-state index contributed by atoms with van der Waals surface area (Å²) in [5, 5.41) is 8.00. The molecule has 0 heterocycles. The van der Waals surface area contributed by atoms with E-state index in [-0.39, 0.29) is 24.3 Å². The normalized spacial score (nSPS) is 10.0. The van der Waals surface area contributed by atoms with Crippen LogP contribution < -0.4 is 16.0 Å². The van der Waals surface area contributed by atoms with Gasteiger partial charge >= 0.3 is 0 Å². The Bertz CT molecular complexity index is 821.